The van der Waals surface area contributed by atoms with E-state index in [0.29, 0.717) is 17.9 Å². The van der Waals surface area contributed by atoms with Crippen molar-refractivity contribution in [2.24, 2.45) is 5.92 Å². The number of hydrogen-bond acceptors (Lipinski definition) is 2. The molecule has 0 bridgehead atoms. The highest BCUT2D eigenvalue weighted by atomic mass is 16.4. The number of carbonyl (C=O) groups excluding carboxylic acids is 1. The van der Waals surface area contributed by atoms with E-state index in [2.05, 4.69) is 6.58 Å². The zero-order valence-corrected chi connectivity index (χ0v) is 12.8. The number of amides is 1. The van der Waals surface area contributed by atoms with Crippen LogP contribution >= 0.6 is 0 Å². The monoisotopic (exact) mass is 301 g/mol. The molecule has 1 aliphatic rings. The summed E-state index contributed by atoms with van der Waals surface area (Å²) in [5, 5.41) is 9.23. The highest BCUT2D eigenvalue weighted by Gasteiger charge is 2.23. The Morgan fingerprint density at radius 2 is 1.95 bits per heavy atom. The Kier molecular flexibility index (Phi) is 5.75. The zero-order chi connectivity index (χ0) is 15.9. The lowest BCUT2D eigenvalue weighted by molar-refractivity contribution is -0.132. The van der Waals surface area contributed by atoms with Gasteiger partial charge in [0.15, 0.2) is 0 Å². The summed E-state index contributed by atoms with van der Waals surface area (Å²) in [6.07, 6.45) is 5.69. The van der Waals surface area contributed by atoms with Crippen LogP contribution in [0.3, 0.4) is 0 Å². The van der Waals surface area contributed by atoms with Gasteiger partial charge in [0.2, 0.25) is 5.91 Å². The Balaban J connectivity index is 1.89. The maximum Gasteiger partial charge on any atom is 0.335 e. The predicted molar refractivity (Wildman–Crippen MR) is 85.8 cm³/mol. The molecule has 0 saturated carbocycles. The summed E-state index contributed by atoms with van der Waals surface area (Å²) in [5.41, 5.74) is 1.29. The van der Waals surface area contributed by atoms with Crippen molar-refractivity contribution in [1.82, 2.24) is 4.90 Å². The van der Waals surface area contributed by atoms with E-state index < -0.39 is 5.97 Å². The fourth-order valence-electron chi connectivity index (χ4n) is 2.99. The summed E-state index contributed by atoms with van der Waals surface area (Å²) < 4.78 is 0. The molecule has 1 aliphatic heterocycles. The third-order valence-corrected chi connectivity index (χ3v) is 4.29. The minimum absolute atomic E-state index is 0.198. The first-order chi connectivity index (χ1) is 10.6. The van der Waals surface area contributed by atoms with Gasteiger partial charge < -0.3 is 10.0 Å². The van der Waals surface area contributed by atoms with Gasteiger partial charge in [-0.1, -0.05) is 24.3 Å². The van der Waals surface area contributed by atoms with E-state index in [1.807, 2.05) is 17.0 Å². The van der Waals surface area contributed by atoms with Crippen molar-refractivity contribution >= 4 is 11.9 Å². The van der Waals surface area contributed by atoms with E-state index >= 15 is 0 Å². The molecule has 2 rings (SSSR count). The third kappa shape index (κ3) is 4.20. The van der Waals surface area contributed by atoms with Crippen molar-refractivity contribution in [2.45, 2.75) is 32.1 Å². The fraction of sp³-hybridized carbons (Fsp3) is 0.444. The van der Waals surface area contributed by atoms with E-state index in [1.165, 1.54) is 0 Å². The molecule has 0 aliphatic carbocycles. The van der Waals surface area contributed by atoms with Crippen LogP contribution in [-0.2, 0) is 11.2 Å². The van der Waals surface area contributed by atoms with Gasteiger partial charge in [-0.15, -0.1) is 6.58 Å². The standard InChI is InChI=1S/C18H23NO3/c1-2-3-8-17(20)19-11-9-14(10-12-19)13-15-6-4-5-7-16(15)18(21)22/h2,4-7,14H,1,3,8-13H2,(H,21,22). The number of likely N-dealkylation sites (tertiary alicyclic amines) is 1. The Hall–Kier alpha value is -2.10. The number of carbonyl (C=O) groups is 2. The molecule has 0 spiro atoms. The van der Waals surface area contributed by atoms with Crippen LogP contribution in [0.5, 0.6) is 0 Å². The second kappa shape index (κ2) is 7.78. The first-order valence-electron chi connectivity index (χ1n) is 7.81. The largest absolute Gasteiger partial charge is 0.478 e. The number of benzene rings is 1. The van der Waals surface area contributed by atoms with Gasteiger partial charge in [-0.3, -0.25) is 4.79 Å². The van der Waals surface area contributed by atoms with Gasteiger partial charge in [-0.25, -0.2) is 4.79 Å². The van der Waals surface area contributed by atoms with Crippen LogP contribution in [0.15, 0.2) is 36.9 Å². The Morgan fingerprint density at radius 3 is 2.59 bits per heavy atom. The molecule has 0 aromatic heterocycles. The molecule has 1 fully saturated rings. The molecule has 22 heavy (non-hydrogen) atoms. The molecule has 0 radical (unpaired) electrons. The summed E-state index contributed by atoms with van der Waals surface area (Å²) in [6, 6.07) is 7.19. The van der Waals surface area contributed by atoms with Crippen LogP contribution in [0.1, 0.15) is 41.6 Å². The summed E-state index contributed by atoms with van der Waals surface area (Å²) in [5.74, 6) is -0.221. The number of carboxylic acid groups (broad SMARTS) is 1. The lowest BCUT2D eigenvalue weighted by Crippen LogP contribution is -2.38. The van der Waals surface area contributed by atoms with Crippen LogP contribution in [0.2, 0.25) is 0 Å². The average molecular weight is 301 g/mol. The van der Waals surface area contributed by atoms with Crippen molar-refractivity contribution in [3.8, 4) is 0 Å². The minimum atomic E-state index is -0.868. The summed E-state index contributed by atoms with van der Waals surface area (Å²) >= 11 is 0. The molecule has 118 valence electrons. The van der Waals surface area contributed by atoms with E-state index in [-0.39, 0.29) is 5.91 Å². The van der Waals surface area contributed by atoms with Crippen molar-refractivity contribution in [2.75, 3.05) is 13.1 Å². The second-order valence-corrected chi connectivity index (χ2v) is 5.82. The second-order valence-electron chi connectivity index (χ2n) is 5.82. The first kappa shape index (κ1) is 16.3. The molecular weight excluding hydrogens is 278 g/mol. The van der Waals surface area contributed by atoms with Crippen LogP contribution in [0.25, 0.3) is 0 Å². The molecule has 1 aromatic rings. The Morgan fingerprint density at radius 1 is 1.27 bits per heavy atom. The molecule has 1 N–H and O–H groups in total. The molecular formula is C18H23NO3. The topological polar surface area (TPSA) is 57.6 Å². The van der Waals surface area contributed by atoms with Crippen molar-refractivity contribution < 1.29 is 14.7 Å². The van der Waals surface area contributed by atoms with Gasteiger partial charge in [-0.2, -0.15) is 0 Å². The van der Waals surface area contributed by atoms with E-state index in [1.54, 1.807) is 18.2 Å². The molecule has 4 nitrogen and oxygen atoms in total. The third-order valence-electron chi connectivity index (χ3n) is 4.29. The number of rotatable bonds is 6. The van der Waals surface area contributed by atoms with Crippen LogP contribution < -0.4 is 0 Å². The van der Waals surface area contributed by atoms with E-state index in [4.69, 9.17) is 0 Å². The summed E-state index contributed by atoms with van der Waals surface area (Å²) in [4.78, 5) is 25.1. The number of hydrogen-bond donors (Lipinski definition) is 1. The Bertz CT molecular complexity index is 545. The quantitative estimate of drug-likeness (QED) is 0.821. The molecule has 1 heterocycles. The molecule has 4 heteroatoms. The van der Waals surface area contributed by atoms with Gasteiger partial charge >= 0.3 is 5.97 Å². The number of nitrogens with zero attached hydrogens (tertiary/aromatic N) is 1. The smallest absolute Gasteiger partial charge is 0.335 e. The predicted octanol–water partition coefficient (Wildman–Crippen LogP) is 3.13. The normalized spacial score (nSPS) is 15.5. The van der Waals surface area contributed by atoms with Crippen molar-refractivity contribution in [1.29, 1.82) is 0 Å². The molecule has 0 unspecified atom stereocenters. The van der Waals surface area contributed by atoms with Gasteiger partial charge in [0, 0.05) is 19.5 Å². The maximum atomic E-state index is 12.0. The van der Waals surface area contributed by atoms with E-state index in [9.17, 15) is 14.7 Å². The zero-order valence-electron chi connectivity index (χ0n) is 12.8. The van der Waals surface area contributed by atoms with Gasteiger partial charge in [-0.05, 0) is 43.2 Å². The number of carboxylic acids is 1. The molecule has 1 amide bonds. The van der Waals surface area contributed by atoms with E-state index in [0.717, 1.165) is 44.3 Å². The van der Waals surface area contributed by atoms with Crippen LogP contribution in [-0.4, -0.2) is 35.0 Å². The molecule has 1 saturated heterocycles. The highest BCUT2D eigenvalue weighted by Crippen LogP contribution is 2.24. The SMILES string of the molecule is C=CCCC(=O)N1CCC(Cc2ccccc2C(=O)O)CC1. The van der Waals surface area contributed by atoms with Gasteiger partial charge in [0.25, 0.3) is 0 Å². The lowest BCUT2D eigenvalue weighted by Gasteiger charge is -2.32. The van der Waals surface area contributed by atoms with Crippen LogP contribution in [0, 0.1) is 5.92 Å². The summed E-state index contributed by atoms with van der Waals surface area (Å²) in [6.45, 7) is 5.19. The van der Waals surface area contributed by atoms with Crippen molar-refractivity contribution in [3.05, 3.63) is 48.0 Å². The average Bonchev–Trinajstić information content (AvgIpc) is 2.53. The molecule has 0 atom stereocenters. The first-order valence-corrected chi connectivity index (χ1v) is 7.81. The number of piperidine rings is 1. The molecule has 1 aromatic carbocycles. The lowest BCUT2D eigenvalue weighted by atomic mass is 9.88. The number of allylic oxidation sites excluding steroid dienone is 1. The summed E-state index contributed by atoms with van der Waals surface area (Å²) in [7, 11) is 0. The minimum Gasteiger partial charge on any atom is -0.478 e. The highest BCUT2D eigenvalue weighted by molar-refractivity contribution is 5.89. The van der Waals surface area contributed by atoms with Crippen LogP contribution in [0.4, 0.5) is 0 Å². The Labute approximate surface area is 131 Å². The fourth-order valence-corrected chi connectivity index (χ4v) is 2.99. The van der Waals surface area contributed by atoms with Gasteiger partial charge in [0.1, 0.15) is 0 Å². The van der Waals surface area contributed by atoms with Crippen molar-refractivity contribution in [3.63, 3.8) is 0 Å². The van der Waals surface area contributed by atoms with Gasteiger partial charge in [0.05, 0.1) is 5.56 Å². The number of aromatic carboxylic acids is 1. The maximum absolute atomic E-state index is 12.0.